The summed E-state index contributed by atoms with van der Waals surface area (Å²) in [6, 6.07) is 8.69. The summed E-state index contributed by atoms with van der Waals surface area (Å²) in [6.45, 7) is 0.0780. The fraction of sp³-hybridized carbons (Fsp3) is 0.188. The number of likely N-dealkylation sites (N-methyl/N-ethyl adjacent to an activating group) is 1. The van der Waals surface area contributed by atoms with Crippen LogP contribution in [0.25, 0.3) is 10.8 Å². The van der Waals surface area contributed by atoms with Crippen LogP contribution in [0.2, 0.25) is 10.0 Å². The van der Waals surface area contributed by atoms with Crippen LogP contribution in [0.1, 0.15) is 5.56 Å². The Hall–Kier alpha value is -2.09. The molecular weight excluding hydrogens is 385 g/mol. The van der Waals surface area contributed by atoms with Crippen molar-refractivity contribution in [3.8, 4) is 10.8 Å². The first-order valence-electron chi connectivity index (χ1n) is 7.24. The monoisotopic (exact) mass is 397 g/mol. The number of benzene rings is 1. The molecule has 0 fully saturated rings. The number of thiophene rings is 1. The lowest BCUT2D eigenvalue weighted by atomic mass is 10.2. The molecule has 0 aliphatic rings. The third kappa shape index (κ3) is 4.12. The first-order chi connectivity index (χ1) is 11.9. The number of halogens is 2. The summed E-state index contributed by atoms with van der Waals surface area (Å²) in [6.07, 6.45) is 0. The number of carbonyl (C=O) groups excluding carboxylic acids is 1. The molecule has 0 atom stereocenters. The first-order valence-corrected chi connectivity index (χ1v) is 8.87. The molecule has 0 saturated carbocycles. The molecule has 0 radical (unpaired) electrons. The number of rotatable bonds is 5. The fourth-order valence-electron chi connectivity index (χ4n) is 2.15. The van der Waals surface area contributed by atoms with Gasteiger partial charge in [0, 0.05) is 23.6 Å². The zero-order valence-corrected chi connectivity index (χ0v) is 15.4. The average Bonchev–Trinajstić information content (AvgIpc) is 3.20. The van der Waals surface area contributed by atoms with Crippen molar-refractivity contribution in [3.05, 3.63) is 61.9 Å². The number of hydrogen-bond donors (Lipinski definition) is 0. The van der Waals surface area contributed by atoms with Gasteiger partial charge in [0.1, 0.15) is 6.54 Å². The molecule has 0 unspecified atom stereocenters. The Bertz CT molecular complexity index is 950. The molecular formula is C16H13Cl2N3O3S. The summed E-state index contributed by atoms with van der Waals surface area (Å²) in [4.78, 5) is 26.4. The molecule has 2 heterocycles. The summed E-state index contributed by atoms with van der Waals surface area (Å²) in [5.74, 6) is -0.759. The average molecular weight is 398 g/mol. The number of nitrogens with zero attached hydrogens (tertiary/aromatic N) is 3. The van der Waals surface area contributed by atoms with Gasteiger partial charge in [-0.15, -0.1) is 16.4 Å². The predicted molar refractivity (Wildman–Crippen MR) is 97.0 cm³/mol. The first kappa shape index (κ1) is 17.7. The van der Waals surface area contributed by atoms with Crippen molar-refractivity contribution in [2.24, 2.45) is 0 Å². The van der Waals surface area contributed by atoms with Crippen LogP contribution in [0.15, 0.2) is 44.9 Å². The molecule has 2 aromatic heterocycles. The summed E-state index contributed by atoms with van der Waals surface area (Å²) in [7, 11) is 1.62. The van der Waals surface area contributed by atoms with Gasteiger partial charge >= 0.3 is 5.76 Å². The Morgan fingerprint density at radius 1 is 1.36 bits per heavy atom. The van der Waals surface area contributed by atoms with Gasteiger partial charge < -0.3 is 9.32 Å². The molecule has 0 N–H and O–H groups in total. The van der Waals surface area contributed by atoms with E-state index < -0.39 is 5.76 Å². The van der Waals surface area contributed by atoms with Gasteiger partial charge in [0.15, 0.2) is 0 Å². The fourth-order valence-corrected chi connectivity index (χ4v) is 3.26. The van der Waals surface area contributed by atoms with E-state index in [-0.39, 0.29) is 18.3 Å². The maximum Gasteiger partial charge on any atom is 0.437 e. The largest absolute Gasteiger partial charge is 0.437 e. The summed E-state index contributed by atoms with van der Waals surface area (Å²) in [5.41, 5.74) is 0.758. The third-order valence-electron chi connectivity index (χ3n) is 3.47. The second kappa shape index (κ2) is 7.43. The van der Waals surface area contributed by atoms with E-state index in [1.54, 1.807) is 31.3 Å². The van der Waals surface area contributed by atoms with E-state index in [2.05, 4.69) is 5.10 Å². The van der Waals surface area contributed by atoms with Crippen LogP contribution >= 0.6 is 34.5 Å². The lowest BCUT2D eigenvalue weighted by molar-refractivity contribution is -0.131. The minimum atomic E-state index is -0.672. The van der Waals surface area contributed by atoms with Crippen LogP contribution in [0.4, 0.5) is 0 Å². The number of hydrogen-bond acceptors (Lipinski definition) is 5. The van der Waals surface area contributed by atoms with Crippen LogP contribution in [0.5, 0.6) is 0 Å². The maximum absolute atomic E-state index is 12.4. The molecule has 0 aliphatic carbocycles. The SMILES string of the molecule is CN(Cc1ccc(Cl)cc1Cl)C(=O)Cn1nc(-c2cccs2)oc1=O. The van der Waals surface area contributed by atoms with Crippen molar-refractivity contribution >= 4 is 40.4 Å². The van der Waals surface area contributed by atoms with Crippen molar-refractivity contribution in [2.45, 2.75) is 13.1 Å². The zero-order valence-electron chi connectivity index (χ0n) is 13.1. The number of carbonyl (C=O) groups is 1. The number of aromatic nitrogens is 2. The van der Waals surface area contributed by atoms with Gasteiger partial charge in [-0.1, -0.05) is 35.3 Å². The summed E-state index contributed by atoms with van der Waals surface area (Å²) < 4.78 is 6.10. The second-order valence-corrected chi connectivity index (χ2v) is 7.08. The Labute approximate surface area is 157 Å². The Morgan fingerprint density at radius 2 is 2.16 bits per heavy atom. The van der Waals surface area contributed by atoms with Crippen LogP contribution < -0.4 is 5.76 Å². The molecule has 6 nitrogen and oxygen atoms in total. The van der Waals surface area contributed by atoms with Crippen LogP contribution in [0.3, 0.4) is 0 Å². The Morgan fingerprint density at radius 3 is 2.84 bits per heavy atom. The van der Waals surface area contributed by atoms with Gasteiger partial charge in [-0.05, 0) is 29.1 Å². The molecule has 3 rings (SSSR count). The molecule has 0 aliphatic heterocycles. The number of amides is 1. The van der Waals surface area contributed by atoms with Crippen LogP contribution in [-0.2, 0) is 17.9 Å². The van der Waals surface area contributed by atoms with Gasteiger partial charge in [0.05, 0.1) is 4.88 Å². The highest BCUT2D eigenvalue weighted by atomic mass is 35.5. The second-order valence-electron chi connectivity index (χ2n) is 5.29. The van der Waals surface area contributed by atoms with E-state index in [1.165, 1.54) is 16.2 Å². The highest BCUT2D eigenvalue weighted by Gasteiger charge is 2.17. The van der Waals surface area contributed by atoms with Crippen molar-refractivity contribution in [3.63, 3.8) is 0 Å². The lowest BCUT2D eigenvalue weighted by Crippen LogP contribution is -2.33. The summed E-state index contributed by atoms with van der Waals surface area (Å²) in [5, 5.41) is 6.92. The van der Waals surface area contributed by atoms with E-state index in [0.717, 1.165) is 15.1 Å². The molecule has 25 heavy (non-hydrogen) atoms. The van der Waals surface area contributed by atoms with Crippen LogP contribution in [0, 0.1) is 0 Å². The molecule has 0 spiro atoms. The topological polar surface area (TPSA) is 68.3 Å². The molecule has 130 valence electrons. The van der Waals surface area contributed by atoms with Crippen molar-refractivity contribution in [2.75, 3.05) is 7.05 Å². The zero-order chi connectivity index (χ0) is 18.0. The van der Waals surface area contributed by atoms with E-state index in [0.29, 0.717) is 16.6 Å². The highest BCUT2D eigenvalue weighted by Crippen LogP contribution is 2.22. The standard InChI is InChI=1S/C16H13Cl2N3O3S/c1-20(8-10-4-5-11(17)7-12(10)18)14(22)9-21-16(23)24-15(19-21)13-3-2-6-25-13/h2-7H,8-9H2,1H3. The van der Waals surface area contributed by atoms with E-state index in [1.807, 2.05) is 11.4 Å². The van der Waals surface area contributed by atoms with Gasteiger partial charge in [0.2, 0.25) is 5.91 Å². The van der Waals surface area contributed by atoms with Gasteiger partial charge in [-0.2, -0.15) is 4.68 Å². The van der Waals surface area contributed by atoms with E-state index >= 15 is 0 Å². The molecule has 9 heteroatoms. The van der Waals surface area contributed by atoms with Gasteiger partial charge in [-0.25, -0.2) is 4.79 Å². The Kier molecular flexibility index (Phi) is 5.27. The van der Waals surface area contributed by atoms with E-state index in [9.17, 15) is 9.59 Å². The quantitative estimate of drug-likeness (QED) is 0.660. The maximum atomic E-state index is 12.4. The van der Waals surface area contributed by atoms with Gasteiger partial charge in [0.25, 0.3) is 5.89 Å². The summed E-state index contributed by atoms with van der Waals surface area (Å²) >= 11 is 13.4. The van der Waals surface area contributed by atoms with Crippen molar-refractivity contribution < 1.29 is 9.21 Å². The predicted octanol–water partition coefficient (Wildman–Crippen LogP) is 3.53. The van der Waals surface area contributed by atoms with Crippen molar-refractivity contribution in [1.82, 2.24) is 14.7 Å². The molecule has 0 bridgehead atoms. The van der Waals surface area contributed by atoms with Crippen molar-refractivity contribution in [1.29, 1.82) is 0 Å². The minimum Gasteiger partial charge on any atom is -0.387 e. The molecule has 3 aromatic rings. The smallest absolute Gasteiger partial charge is 0.387 e. The third-order valence-corrected chi connectivity index (χ3v) is 4.92. The molecule has 0 saturated heterocycles. The minimum absolute atomic E-state index is 0.205. The normalized spacial score (nSPS) is 10.8. The highest BCUT2D eigenvalue weighted by molar-refractivity contribution is 7.13. The molecule has 1 amide bonds. The molecule has 1 aromatic carbocycles. The Balaban J connectivity index is 1.70. The van der Waals surface area contributed by atoms with E-state index in [4.69, 9.17) is 27.6 Å². The van der Waals surface area contributed by atoms with Gasteiger partial charge in [-0.3, -0.25) is 4.79 Å². The van der Waals surface area contributed by atoms with Crippen LogP contribution in [-0.4, -0.2) is 27.6 Å². The lowest BCUT2D eigenvalue weighted by Gasteiger charge is -2.17.